The van der Waals surface area contributed by atoms with Crippen molar-refractivity contribution in [1.29, 1.82) is 0 Å². The minimum Gasteiger partial charge on any atom is -0.0530 e. The zero-order valence-electron chi connectivity index (χ0n) is 7.39. The Morgan fingerprint density at radius 1 is 0.818 bits per heavy atom. The van der Waals surface area contributed by atoms with Crippen molar-refractivity contribution in [2.45, 2.75) is 44.9 Å². The molecule has 0 heteroatoms. The van der Waals surface area contributed by atoms with Crippen LogP contribution >= 0.6 is 0 Å². The summed E-state index contributed by atoms with van der Waals surface area (Å²) >= 11 is 0. The lowest BCUT2D eigenvalue weighted by Crippen LogP contribution is -2.29. The Morgan fingerprint density at radius 3 is 2.36 bits per heavy atom. The fourth-order valence-corrected chi connectivity index (χ4v) is 3.07. The molecule has 2 rings (SSSR count). The molecule has 11 heavy (non-hydrogen) atoms. The van der Waals surface area contributed by atoms with Crippen LogP contribution in [0.4, 0.5) is 0 Å². The molecule has 3 unspecified atom stereocenters. The van der Waals surface area contributed by atoms with Gasteiger partial charge < -0.3 is 0 Å². The summed E-state index contributed by atoms with van der Waals surface area (Å²) in [6.45, 7) is 4.28. The van der Waals surface area contributed by atoms with Gasteiger partial charge >= 0.3 is 0 Å². The molecule has 63 valence electrons. The lowest BCUT2D eigenvalue weighted by atomic mass is 9.66. The van der Waals surface area contributed by atoms with Gasteiger partial charge in [0.25, 0.3) is 0 Å². The molecular weight excluding hydrogens is 132 g/mol. The van der Waals surface area contributed by atoms with Crippen LogP contribution in [0.15, 0.2) is 0 Å². The van der Waals surface area contributed by atoms with Crippen LogP contribution in [-0.4, -0.2) is 0 Å². The Morgan fingerprint density at radius 2 is 1.55 bits per heavy atom. The van der Waals surface area contributed by atoms with Gasteiger partial charge in [0.05, 0.1) is 0 Å². The van der Waals surface area contributed by atoms with Crippen LogP contribution < -0.4 is 0 Å². The zero-order valence-corrected chi connectivity index (χ0v) is 7.39. The van der Waals surface area contributed by atoms with Gasteiger partial charge in [0.1, 0.15) is 0 Å². The minimum absolute atomic E-state index is 0.800. The van der Waals surface area contributed by atoms with Crippen molar-refractivity contribution in [1.82, 2.24) is 0 Å². The first-order valence-corrected chi connectivity index (χ1v) is 5.21. The van der Waals surface area contributed by atoms with E-state index in [-0.39, 0.29) is 0 Å². The fourth-order valence-electron chi connectivity index (χ4n) is 3.07. The summed E-state index contributed by atoms with van der Waals surface area (Å²) in [6, 6.07) is 0. The maximum atomic E-state index is 4.28. The van der Waals surface area contributed by atoms with Crippen molar-refractivity contribution < 1.29 is 0 Å². The molecule has 0 nitrogen and oxygen atoms in total. The van der Waals surface area contributed by atoms with Gasteiger partial charge in [-0.2, -0.15) is 0 Å². The molecule has 0 aromatic heterocycles. The van der Waals surface area contributed by atoms with Gasteiger partial charge in [0, 0.05) is 0 Å². The van der Waals surface area contributed by atoms with Crippen LogP contribution in [-0.2, 0) is 0 Å². The summed E-state index contributed by atoms with van der Waals surface area (Å²) in [5, 5.41) is 0. The third-order valence-corrected chi connectivity index (χ3v) is 3.72. The first-order chi connectivity index (χ1) is 5.38. The molecule has 0 saturated heterocycles. The lowest BCUT2D eigenvalue weighted by molar-refractivity contribution is 0.128. The Balaban J connectivity index is 1.99. The summed E-state index contributed by atoms with van der Waals surface area (Å²) in [6.07, 6.45) is 10.3. The highest BCUT2D eigenvalue weighted by Crippen LogP contribution is 2.43. The van der Waals surface area contributed by atoms with Crippen LogP contribution in [0.2, 0.25) is 0 Å². The van der Waals surface area contributed by atoms with Gasteiger partial charge in [0.2, 0.25) is 0 Å². The van der Waals surface area contributed by atoms with Crippen LogP contribution in [0.1, 0.15) is 44.9 Å². The molecule has 0 bridgehead atoms. The van der Waals surface area contributed by atoms with Gasteiger partial charge in [-0.25, -0.2) is 0 Å². The van der Waals surface area contributed by atoms with E-state index >= 15 is 0 Å². The average molecular weight is 151 g/mol. The Labute approximate surface area is 70.4 Å². The van der Waals surface area contributed by atoms with Gasteiger partial charge in [0.15, 0.2) is 0 Å². The van der Waals surface area contributed by atoms with E-state index in [1.54, 1.807) is 0 Å². The summed E-state index contributed by atoms with van der Waals surface area (Å²) in [4.78, 5) is 0. The SMILES string of the molecule is [CH2]C1CCCC2CCCCC12. The number of hydrogen-bond donors (Lipinski definition) is 0. The third-order valence-electron chi connectivity index (χ3n) is 3.72. The summed E-state index contributed by atoms with van der Waals surface area (Å²) < 4.78 is 0. The maximum Gasteiger partial charge on any atom is -0.0357 e. The van der Waals surface area contributed by atoms with Crippen molar-refractivity contribution in [3.8, 4) is 0 Å². The van der Waals surface area contributed by atoms with Crippen LogP contribution in [0.3, 0.4) is 0 Å². The predicted molar refractivity (Wildman–Crippen MR) is 48.1 cm³/mol. The Hall–Kier alpha value is 0. The second-order valence-electron chi connectivity index (χ2n) is 4.40. The third kappa shape index (κ3) is 1.45. The molecule has 0 aromatic rings. The average Bonchev–Trinajstić information content (AvgIpc) is 2.06. The monoisotopic (exact) mass is 151 g/mol. The van der Waals surface area contributed by atoms with Crippen LogP contribution in [0, 0.1) is 24.7 Å². The Bertz CT molecular complexity index is 126. The van der Waals surface area contributed by atoms with Crippen molar-refractivity contribution in [2.24, 2.45) is 17.8 Å². The zero-order chi connectivity index (χ0) is 7.68. The normalized spacial score (nSPS) is 45.0. The largest absolute Gasteiger partial charge is 0.0530 e. The number of fused-ring (bicyclic) bond motifs is 1. The molecule has 0 heterocycles. The molecule has 0 N–H and O–H groups in total. The van der Waals surface area contributed by atoms with Crippen molar-refractivity contribution >= 4 is 0 Å². The van der Waals surface area contributed by atoms with Crippen molar-refractivity contribution in [2.75, 3.05) is 0 Å². The second-order valence-corrected chi connectivity index (χ2v) is 4.40. The quantitative estimate of drug-likeness (QED) is 0.497. The highest BCUT2D eigenvalue weighted by atomic mass is 14.4. The second kappa shape index (κ2) is 3.16. The maximum absolute atomic E-state index is 4.28. The molecule has 3 atom stereocenters. The van der Waals surface area contributed by atoms with E-state index in [1.165, 1.54) is 44.9 Å². The molecule has 0 aliphatic heterocycles. The molecule has 2 fully saturated rings. The molecule has 1 radical (unpaired) electrons. The van der Waals surface area contributed by atoms with Crippen molar-refractivity contribution in [3.05, 3.63) is 6.92 Å². The van der Waals surface area contributed by atoms with Crippen LogP contribution in [0.5, 0.6) is 0 Å². The molecule has 0 amide bonds. The first-order valence-electron chi connectivity index (χ1n) is 5.21. The molecule has 2 aliphatic carbocycles. The first kappa shape index (κ1) is 7.64. The summed E-state index contributed by atoms with van der Waals surface area (Å²) in [5.41, 5.74) is 0. The molecule has 2 saturated carbocycles. The van der Waals surface area contributed by atoms with Gasteiger partial charge in [-0.05, 0) is 31.1 Å². The van der Waals surface area contributed by atoms with E-state index in [0.29, 0.717) is 0 Å². The standard InChI is InChI=1S/C11H19/c1-9-5-4-7-10-6-2-3-8-11(9)10/h9-11H,1-8H2. The van der Waals surface area contributed by atoms with E-state index < -0.39 is 0 Å². The van der Waals surface area contributed by atoms with Crippen LogP contribution in [0.25, 0.3) is 0 Å². The van der Waals surface area contributed by atoms with E-state index in [0.717, 1.165) is 17.8 Å². The Kier molecular flexibility index (Phi) is 2.20. The van der Waals surface area contributed by atoms with Gasteiger partial charge in [-0.3, -0.25) is 0 Å². The molecular formula is C11H19. The van der Waals surface area contributed by atoms with E-state index in [2.05, 4.69) is 6.92 Å². The topological polar surface area (TPSA) is 0 Å². The van der Waals surface area contributed by atoms with Crippen molar-refractivity contribution in [3.63, 3.8) is 0 Å². The fraction of sp³-hybridized carbons (Fsp3) is 0.909. The number of hydrogen-bond acceptors (Lipinski definition) is 0. The smallest absolute Gasteiger partial charge is 0.0357 e. The van der Waals surface area contributed by atoms with E-state index in [4.69, 9.17) is 0 Å². The molecule has 2 aliphatic rings. The number of rotatable bonds is 0. The molecule has 0 aromatic carbocycles. The van der Waals surface area contributed by atoms with E-state index in [1.807, 2.05) is 0 Å². The van der Waals surface area contributed by atoms with E-state index in [9.17, 15) is 0 Å². The highest BCUT2D eigenvalue weighted by molar-refractivity contribution is 4.85. The van der Waals surface area contributed by atoms with Gasteiger partial charge in [-0.1, -0.05) is 38.5 Å². The highest BCUT2D eigenvalue weighted by Gasteiger charge is 2.31. The lowest BCUT2D eigenvalue weighted by Gasteiger charge is -2.39. The predicted octanol–water partition coefficient (Wildman–Crippen LogP) is 3.43. The van der Waals surface area contributed by atoms with Gasteiger partial charge in [-0.15, -0.1) is 0 Å². The minimum atomic E-state index is 0.800. The molecule has 0 spiro atoms. The summed E-state index contributed by atoms with van der Waals surface area (Å²) in [7, 11) is 0. The summed E-state index contributed by atoms with van der Waals surface area (Å²) in [5.74, 6) is 2.88.